The third-order valence-electron chi connectivity index (χ3n) is 5.89. The summed E-state index contributed by atoms with van der Waals surface area (Å²) in [5, 5.41) is 3.05. The fourth-order valence-corrected chi connectivity index (χ4v) is 3.77. The van der Waals surface area contributed by atoms with Crippen molar-refractivity contribution in [2.75, 3.05) is 13.2 Å². The molecule has 3 aromatic carbocycles. The molecule has 0 saturated heterocycles. The van der Waals surface area contributed by atoms with Gasteiger partial charge >= 0.3 is 5.97 Å². The third-order valence-corrected chi connectivity index (χ3v) is 5.89. The molecule has 3 rings (SSSR count). The van der Waals surface area contributed by atoms with Crippen molar-refractivity contribution < 1.29 is 19.1 Å². The van der Waals surface area contributed by atoms with Crippen LogP contribution < -0.4 is 5.32 Å². The maximum atomic E-state index is 13.5. The van der Waals surface area contributed by atoms with Gasteiger partial charge in [-0.1, -0.05) is 68.4 Å². The lowest BCUT2D eigenvalue weighted by atomic mass is 10.1. The van der Waals surface area contributed by atoms with E-state index in [4.69, 9.17) is 4.74 Å². The lowest BCUT2D eigenvalue weighted by Crippen LogP contribution is -2.51. The predicted molar refractivity (Wildman–Crippen MR) is 136 cm³/mol. The molecule has 0 aromatic heterocycles. The minimum atomic E-state index is -0.430. The first-order valence-corrected chi connectivity index (χ1v) is 12.0. The predicted octanol–water partition coefficient (Wildman–Crippen LogP) is 4.97. The van der Waals surface area contributed by atoms with E-state index in [2.05, 4.69) is 5.32 Å². The fourth-order valence-electron chi connectivity index (χ4n) is 3.77. The smallest absolute Gasteiger partial charge is 0.338 e. The number of hydrogen-bond acceptors (Lipinski definition) is 4. The van der Waals surface area contributed by atoms with E-state index < -0.39 is 5.97 Å². The van der Waals surface area contributed by atoms with E-state index in [9.17, 15) is 14.4 Å². The summed E-state index contributed by atoms with van der Waals surface area (Å²) in [7, 11) is 0. The van der Waals surface area contributed by atoms with Crippen LogP contribution >= 0.6 is 0 Å². The highest BCUT2D eigenvalue weighted by Crippen LogP contribution is 2.15. The minimum absolute atomic E-state index is 0.0614. The Labute approximate surface area is 206 Å². The highest BCUT2D eigenvalue weighted by atomic mass is 16.5. The standard InChI is InChI=1S/C29H32N2O4/c1-3-25(30-27(32)22-14-8-5-9-15-22)20-31(28(33)23-16-10-6-11-17-23)26(4-2)21-35-29(34)24-18-12-7-13-19-24/h5-19,25-26H,3-4,20-21H2,1-2H3,(H,30,32). The van der Waals surface area contributed by atoms with Gasteiger partial charge in [-0.15, -0.1) is 0 Å². The fraction of sp³-hybridized carbons (Fsp3) is 0.276. The summed E-state index contributed by atoms with van der Waals surface area (Å²) in [6, 6.07) is 26.2. The van der Waals surface area contributed by atoms with Gasteiger partial charge in [0.2, 0.25) is 0 Å². The van der Waals surface area contributed by atoms with Crippen LogP contribution in [0.15, 0.2) is 91.0 Å². The Morgan fingerprint density at radius 3 is 1.77 bits per heavy atom. The number of hydrogen-bond donors (Lipinski definition) is 1. The van der Waals surface area contributed by atoms with Crippen LogP contribution in [0.5, 0.6) is 0 Å². The Balaban J connectivity index is 1.78. The van der Waals surface area contributed by atoms with E-state index in [1.807, 2.05) is 56.3 Å². The van der Waals surface area contributed by atoms with Gasteiger partial charge in [0.25, 0.3) is 11.8 Å². The molecule has 6 heteroatoms. The van der Waals surface area contributed by atoms with Crippen molar-refractivity contribution in [2.45, 2.75) is 38.8 Å². The van der Waals surface area contributed by atoms with Gasteiger partial charge in [-0.2, -0.15) is 0 Å². The summed E-state index contributed by atoms with van der Waals surface area (Å²) in [4.78, 5) is 40.5. The molecule has 1 N–H and O–H groups in total. The largest absolute Gasteiger partial charge is 0.460 e. The normalized spacial score (nSPS) is 12.3. The molecule has 3 aromatic rings. The quantitative estimate of drug-likeness (QED) is 0.400. The molecule has 0 spiro atoms. The zero-order valence-electron chi connectivity index (χ0n) is 20.2. The van der Waals surface area contributed by atoms with E-state index in [-0.39, 0.29) is 30.5 Å². The first-order chi connectivity index (χ1) is 17.0. The number of carbonyl (C=O) groups excluding carboxylic acids is 3. The van der Waals surface area contributed by atoms with Gasteiger partial charge in [0, 0.05) is 23.7 Å². The Kier molecular flexibility index (Phi) is 9.60. The van der Waals surface area contributed by atoms with E-state index >= 15 is 0 Å². The Bertz CT molecular complexity index is 1090. The van der Waals surface area contributed by atoms with Gasteiger partial charge in [-0.3, -0.25) is 9.59 Å². The Hall–Kier alpha value is -3.93. The minimum Gasteiger partial charge on any atom is -0.460 e. The van der Waals surface area contributed by atoms with Crippen molar-refractivity contribution >= 4 is 17.8 Å². The number of ether oxygens (including phenoxy) is 1. The maximum absolute atomic E-state index is 13.5. The van der Waals surface area contributed by atoms with Crippen LogP contribution in [0, 0.1) is 0 Å². The van der Waals surface area contributed by atoms with Crippen LogP contribution in [0.4, 0.5) is 0 Å². The molecular weight excluding hydrogens is 440 g/mol. The average molecular weight is 473 g/mol. The van der Waals surface area contributed by atoms with Gasteiger partial charge in [0.15, 0.2) is 0 Å². The van der Waals surface area contributed by atoms with Crippen molar-refractivity contribution in [1.29, 1.82) is 0 Å². The van der Waals surface area contributed by atoms with Crippen molar-refractivity contribution in [1.82, 2.24) is 10.2 Å². The molecule has 35 heavy (non-hydrogen) atoms. The van der Waals surface area contributed by atoms with Crippen LogP contribution in [-0.4, -0.2) is 47.9 Å². The number of esters is 1. The molecule has 0 bridgehead atoms. The number of amides is 2. The van der Waals surface area contributed by atoms with Crippen molar-refractivity contribution in [3.8, 4) is 0 Å². The number of nitrogens with zero attached hydrogens (tertiary/aromatic N) is 1. The number of rotatable bonds is 11. The lowest BCUT2D eigenvalue weighted by Gasteiger charge is -2.34. The van der Waals surface area contributed by atoms with Gasteiger partial charge in [0.1, 0.15) is 6.61 Å². The Morgan fingerprint density at radius 2 is 1.26 bits per heavy atom. The molecule has 0 aliphatic rings. The molecule has 0 fully saturated rings. The van der Waals surface area contributed by atoms with Gasteiger partial charge in [-0.25, -0.2) is 4.79 Å². The van der Waals surface area contributed by atoms with Crippen LogP contribution in [0.25, 0.3) is 0 Å². The first kappa shape index (κ1) is 25.7. The van der Waals surface area contributed by atoms with Crippen molar-refractivity contribution in [2.24, 2.45) is 0 Å². The van der Waals surface area contributed by atoms with E-state index in [0.717, 1.165) is 0 Å². The average Bonchev–Trinajstić information content (AvgIpc) is 2.92. The highest BCUT2D eigenvalue weighted by molar-refractivity contribution is 5.95. The van der Waals surface area contributed by atoms with Crippen LogP contribution in [0.3, 0.4) is 0 Å². The molecule has 0 radical (unpaired) electrons. The SMILES string of the molecule is CCC(CN(C(=O)c1ccccc1)C(CC)COC(=O)c1ccccc1)NC(=O)c1ccccc1. The zero-order valence-corrected chi connectivity index (χ0v) is 20.2. The third kappa shape index (κ3) is 7.27. The molecule has 0 saturated carbocycles. The molecule has 0 aliphatic heterocycles. The first-order valence-electron chi connectivity index (χ1n) is 12.0. The molecule has 182 valence electrons. The molecule has 2 atom stereocenters. The molecule has 6 nitrogen and oxygen atoms in total. The van der Waals surface area contributed by atoms with Crippen LogP contribution in [0.1, 0.15) is 57.8 Å². The second kappa shape index (κ2) is 13.1. The maximum Gasteiger partial charge on any atom is 0.338 e. The van der Waals surface area contributed by atoms with Gasteiger partial charge in [-0.05, 0) is 49.2 Å². The topological polar surface area (TPSA) is 75.7 Å². The van der Waals surface area contributed by atoms with Gasteiger partial charge < -0.3 is 15.0 Å². The summed E-state index contributed by atoms with van der Waals surface area (Å²) < 4.78 is 5.59. The van der Waals surface area contributed by atoms with E-state index in [1.54, 1.807) is 53.4 Å². The lowest BCUT2D eigenvalue weighted by molar-refractivity contribution is 0.0294. The molecule has 2 unspecified atom stereocenters. The summed E-state index contributed by atoms with van der Waals surface area (Å²) in [6.07, 6.45) is 1.22. The summed E-state index contributed by atoms with van der Waals surface area (Å²) >= 11 is 0. The van der Waals surface area contributed by atoms with E-state index in [1.165, 1.54) is 0 Å². The second-order valence-corrected chi connectivity index (χ2v) is 8.29. The summed E-state index contributed by atoms with van der Waals surface area (Å²) in [5.74, 6) is -0.783. The van der Waals surface area contributed by atoms with E-state index in [0.29, 0.717) is 36.1 Å². The molecular formula is C29H32N2O4. The van der Waals surface area contributed by atoms with Gasteiger partial charge in [0.05, 0.1) is 11.6 Å². The zero-order chi connectivity index (χ0) is 25.0. The number of benzene rings is 3. The summed E-state index contributed by atoms with van der Waals surface area (Å²) in [5.41, 5.74) is 1.57. The van der Waals surface area contributed by atoms with Crippen molar-refractivity contribution in [3.63, 3.8) is 0 Å². The summed E-state index contributed by atoms with van der Waals surface area (Å²) in [6.45, 7) is 4.28. The van der Waals surface area contributed by atoms with Crippen LogP contribution in [-0.2, 0) is 4.74 Å². The molecule has 2 amide bonds. The monoisotopic (exact) mass is 472 g/mol. The number of carbonyl (C=O) groups is 3. The molecule has 0 aliphatic carbocycles. The molecule has 0 heterocycles. The second-order valence-electron chi connectivity index (χ2n) is 8.29. The van der Waals surface area contributed by atoms with Crippen molar-refractivity contribution in [3.05, 3.63) is 108 Å². The Morgan fingerprint density at radius 1 is 0.743 bits per heavy atom. The number of nitrogens with one attached hydrogen (secondary N) is 1. The highest BCUT2D eigenvalue weighted by Gasteiger charge is 2.28. The van der Waals surface area contributed by atoms with Crippen LogP contribution in [0.2, 0.25) is 0 Å².